The molecular weight excluding hydrogens is 255 g/mol. The van der Waals surface area contributed by atoms with Gasteiger partial charge in [0, 0.05) is 36.6 Å². The molecule has 0 radical (unpaired) electrons. The molecule has 1 atom stereocenters. The number of benzene rings is 1. The molecule has 0 aliphatic carbocycles. The lowest BCUT2D eigenvalue weighted by atomic mass is 10.1. The number of nitrogens with two attached hydrogens (primary N) is 1. The van der Waals surface area contributed by atoms with Crippen molar-refractivity contribution in [3.63, 3.8) is 0 Å². The van der Waals surface area contributed by atoms with Crippen LogP contribution >= 0.6 is 0 Å². The molecular formula is C16H21FN2O. The highest BCUT2D eigenvalue weighted by atomic mass is 19.1. The van der Waals surface area contributed by atoms with Gasteiger partial charge in [0.1, 0.15) is 11.6 Å². The lowest BCUT2D eigenvalue weighted by Gasteiger charge is -2.08. The van der Waals surface area contributed by atoms with Crippen LogP contribution in [0, 0.1) is 5.82 Å². The quantitative estimate of drug-likeness (QED) is 0.881. The van der Waals surface area contributed by atoms with E-state index in [0.717, 1.165) is 12.8 Å². The monoisotopic (exact) mass is 276 g/mol. The smallest absolute Gasteiger partial charge is 0.131 e. The Balaban J connectivity index is 2.07. The van der Waals surface area contributed by atoms with Crippen molar-refractivity contribution in [3.05, 3.63) is 53.6 Å². The van der Waals surface area contributed by atoms with Crippen molar-refractivity contribution in [3.8, 4) is 5.75 Å². The van der Waals surface area contributed by atoms with E-state index in [-0.39, 0.29) is 11.9 Å². The van der Waals surface area contributed by atoms with Crippen LogP contribution in [-0.2, 0) is 13.0 Å². The Labute approximate surface area is 119 Å². The van der Waals surface area contributed by atoms with Gasteiger partial charge in [0.2, 0.25) is 0 Å². The number of hydrogen-bond donors (Lipinski definition) is 1. The van der Waals surface area contributed by atoms with Gasteiger partial charge >= 0.3 is 0 Å². The highest BCUT2D eigenvalue weighted by Gasteiger charge is 2.07. The van der Waals surface area contributed by atoms with Crippen molar-refractivity contribution in [1.29, 1.82) is 0 Å². The molecule has 0 spiro atoms. The van der Waals surface area contributed by atoms with E-state index in [4.69, 9.17) is 10.5 Å². The molecule has 0 bridgehead atoms. The largest absolute Gasteiger partial charge is 0.497 e. The van der Waals surface area contributed by atoms with E-state index in [1.165, 1.54) is 18.7 Å². The minimum absolute atomic E-state index is 0.184. The van der Waals surface area contributed by atoms with Gasteiger partial charge < -0.3 is 15.0 Å². The Morgan fingerprint density at radius 3 is 2.80 bits per heavy atom. The maximum absolute atomic E-state index is 13.9. The Morgan fingerprint density at radius 1 is 1.35 bits per heavy atom. The lowest BCUT2D eigenvalue weighted by Crippen LogP contribution is -2.21. The van der Waals surface area contributed by atoms with Crippen LogP contribution in [-0.4, -0.2) is 17.7 Å². The van der Waals surface area contributed by atoms with Gasteiger partial charge in [-0.3, -0.25) is 0 Å². The molecule has 2 N–H and O–H groups in total. The maximum Gasteiger partial charge on any atom is 0.131 e. The summed E-state index contributed by atoms with van der Waals surface area (Å²) in [5, 5.41) is 0. The first kappa shape index (κ1) is 14.6. The van der Waals surface area contributed by atoms with Gasteiger partial charge in [-0.05, 0) is 30.5 Å². The van der Waals surface area contributed by atoms with Crippen molar-refractivity contribution in [1.82, 2.24) is 4.57 Å². The summed E-state index contributed by atoms with van der Waals surface area (Å²) in [5.74, 6) is 0.290. The van der Waals surface area contributed by atoms with Crippen molar-refractivity contribution in [2.24, 2.45) is 5.73 Å². The summed E-state index contributed by atoms with van der Waals surface area (Å²) in [6.45, 7) is 2.59. The Hall–Kier alpha value is -1.81. The molecule has 20 heavy (non-hydrogen) atoms. The summed E-state index contributed by atoms with van der Waals surface area (Å²) in [6.07, 6.45) is 5.80. The Bertz CT molecular complexity index is 565. The fraction of sp³-hybridized carbons (Fsp3) is 0.375. The Morgan fingerprint density at radius 2 is 2.15 bits per heavy atom. The van der Waals surface area contributed by atoms with Crippen molar-refractivity contribution in [2.45, 2.75) is 32.4 Å². The molecule has 1 heterocycles. The van der Waals surface area contributed by atoms with Crippen LogP contribution in [0.2, 0.25) is 0 Å². The molecule has 3 nitrogen and oxygen atoms in total. The zero-order chi connectivity index (χ0) is 14.5. The number of rotatable bonds is 6. The van der Waals surface area contributed by atoms with E-state index in [9.17, 15) is 4.39 Å². The SMILES string of the molecule is CCC(N)Cc1ccn(Cc2ccc(OC)cc2F)c1. The second-order valence-electron chi connectivity index (χ2n) is 5.02. The van der Waals surface area contributed by atoms with Gasteiger partial charge in [0.15, 0.2) is 0 Å². The zero-order valence-electron chi connectivity index (χ0n) is 12.0. The maximum atomic E-state index is 13.9. The predicted octanol–water partition coefficient (Wildman–Crippen LogP) is 2.96. The van der Waals surface area contributed by atoms with Gasteiger partial charge in [-0.1, -0.05) is 13.0 Å². The molecule has 0 aliphatic rings. The second-order valence-corrected chi connectivity index (χ2v) is 5.02. The van der Waals surface area contributed by atoms with E-state index in [2.05, 4.69) is 6.92 Å². The first-order valence-electron chi connectivity index (χ1n) is 6.85. The molecule has 2 rings (SSSR count). The third-order valence-electron chi connectivity index (χ3n) is 3.45. The number of hydrogen-bond acceptors (Lipinski definition) is 2. The first-order valence-corrected chi connectivity index (χ1v) is 6.85. The molecule has 0 amide bonds. The minimum Gasteiger partial charge on any atom is -0.497 e. The van der Waals surface area contributed by atoms with Gasteiger partial charge in [-0.15, -0.1) is 0 Å². The van der Waals surface area contributed by atoms with E-state index in [0.29, 0.717) is 17.9 Å². The molecule has 0 saturated carbocycles. The fourth-order valence-corrected chi connectivity index (χ4v) is 2.14. The lowest BCUT2D eigenvalue weighted by molar-refractivity contribution is 0.410. The number of methoxy groups -OCH3 is 1. The highest BCUT2D eigenvalue weighted by molar-refractivity contribution is 5.29. The molecule has 108 valence electrons. The normalized spacial score (nSPS) is 12.4. The third kappa shape index (κ3) is 3.61. The molecule has 0 aliphatic heterocycles. The molecule has 1 unspecified atom stereocenters. The summed E-state index contributed by atoms with van der Waals surface area (Å²) < 4.78 is 20.9. The van der Waals surface area contributed by atoms with Crippen molar-refractivity contribution in [2.75, 3.05) is 7.11 Å². The second kappa shape index (κ2) is 6.57. The van der Waals surface area contributed by atoms with Crippen molar-refractivity contribution >= 4 is 0 Å². The average Bonchev–Trinajstić information content (AvgIpc) is 2.88. The topological polar surface area (TPSA) is 40.2 Å². The number of halogens is 1. The van der Waals surface area contributed by atoms with E-state index < -0.39 is 0 Å². The van der Waals surface area contributed by atoms with E-state index in [1.54, 1.807) is 12.1 Å². The zero-order valence-corrected chi connectivity index (χ0v) is 12.0. The van der Waals surface area contributed by atoms with Crippen LogP contribution in [0.15, 0.2) is 36.7 Å². The molecule has 4 heteroatoms. The summed E-state index contributed by atoms with van der Waals surface area (Å²) in [6, 6.07) is 7.16. The standard InChI is InChI=1S/C16H21FN2O/c1-3-14(18)8-12-6-7-19(10-12)11-13-4-5-15(20-2)9-16(13)17/h4-7,9-10,14H,3,8,11,18H2,1-2H3. The Kier molecular flexibility index (Phi) is 4.79. The molecule has 0 saturated heterocycles. The van der Waals surface area contributed by atoms with Crippen LogP contribution in [0.5, 0.6) is 5.75 Å². The first-order chi connectivity index (χ1) is 9.62. The van der Waals surface area contributed by atoms with Crippen LogP contribution in [0.25, 0.3) is 0 Å². The van der Waals surface area contributed by atoms with Crippen LogP contribution < -0.4 is 10.5 Å². The van der Waals surface area contributed by atoms with Gasteiger partial charge in [-0.2, -0.15) is 0 Å². The summed E-state index contributed by atoms with van der Waals surface area (Å²) in [5.41, 5.74) is 7.77. The summed E-state index contributed by atoms with van der Waals surface area (Å²) in [7, 11) is 1.53. The van der Waals surface area contributed by atoms with Gasteiger partial charge in [-0.25, -0.2) is 4.39 Å². The summed E-state index contributed by atoms with van der Waals surface area (Å²) in [4.78, 5) is 0. The van der Waals surface area contributed by atoms with Gasteiger partial charge in [0.25, 0.3) is 0 Å². The van der Waals surface area contributed by atoms with Crippen LogP contribution in [0.1, 0.15) is 24.5 Å². The number of nitrogens with zero attached hydrogens (tertiary/aromatic N) is 1. The minimum atomic E-state index is -0.246. The summed E-state index contributed by atoms with van der Waals surface area (Å²) >= 11 is 0. The van der Waals surface area contributed by atoms with E-state index >= 15 is 0 Å². The fourth-order valence-electron chi connectivity index (χ4n) is 2.14. The predicted molar refractivity (Wildman–Crippen MR) is 78.5 cm³/mol. The van der Waals surface area contributed by atoms with Crippen LogP contribution in [0.4, 0.5) is 4.39 Å². The number of aromatic nitrogens is 1. The number of ether oxygens (including phenoxy) is 1. The molecule has 2 aromatic rings. The van der Waals surface area contributed by atoms with Crippen LogP contribution in [0.3, 0.4) is 0 Å². The third-order valence-corrected chi connectivity index (χ3v) is 3.45. The molecule has 1 aromatic heterocycles. The average molecular weight is 276 g/mol. The highest BCUT2D eigenvalue weighted by Crippen LogP contribution is 2.17. The molecule has 1 aromatic carbocycles. The van der Waals surface area contributed by atoms with E-state index in [1.807, 2.05) is 23.0 Å². The van der Waals surface area contributed by atoms with Crippen molar-refractivity contribution < 1.29 is 9.13 Å². The molecule has 0 fully saturated rings. The van der Waals surface area contributed by atoms with Gasteiger partial charge in [0.05, 0.1) is 7.11 Å².